The number of methoxy groups -OCH3 is 1. The Morgan fingerprint density at radius 1 is 1.13 bits per heavy atom. The molecule has 0 bridgehead atoms. The fourth-order valence-corrected chi connectivity index (χ4v) is 5.21. The molecule has 0 aromatic heterocycles. The molecule has 1 heterocycles. The zero-order chi connectivity index (χ0) is 22.4. The van der Waals surface area contributed by atoms with Gasteiger partial charge in [0.15, 0.2) is 11.6 Å². The molecule has 0 radical (unpaired) electrons. The largest absolute Gasteiger partial charge is 0.494 e. The highest BCUT2D eigenvalue weighted by molar-refractivity contribution is 7.89. The molecule has 2 aromatic carbocycles. The summed E-state index contributed by atoms with van der Waals surface area (Å²) in [4.78, 5) is 12.6. The molecule has 6 nitrogen and oxygen atoms in total. The van der Waals surface area contributed by atoms with Gasteiger partial charge in [-0.1, -0.05) is 24.6 Å². The Bertz CT molecular complexity index is 1000. The van der Waals surface area contributed by atoms with Gasteiger partial charge in [-0.2, -0.15) is 4.31 Å². The smallest absolute Gasteiger partial charge is 0.243 e. The fourth-order valence-electron chi connectivity index (χ4n) is 3.69. The first-order valence-electron chi connectivity index (χ1n) is 10.5. The molecule has 1 amide bonds. The summed E-state index contributed by atoms with van der Waals surface area (Å²) >= 11 is 0. The van der Waals surface area contributed by atoms with Crippen LogP contribution in [0, 0.1) is 5.82 Å². The molecule has 0 spiro atoms. The predicted octanol–water partition coefficient (Wildman–Crippen LogP) is 3.82. The van der Waals surface area contributed by atoms with Crippen LogP contribution in [-0.4, -0.2) is 38.8 Å². The second-order valence-corrected chi connectivity index (χ2v) is 9.73. The van der Waals surface area contributed by atoms with Crippen LogP contribution in [0.5, 0.6) is 5.75 Å². The minimum absolute atomic E-state index is 0.159. The van der Waals surface area contributed by atoms with Crippen molar-refractivity contribution < 1.29 is 22.3 Å². The molecule has 1 N–H and O–H groups in total. The third-order valence-electron chi connectivity index (χ3n) is 5.57. The molecular formula is C23H29FN2O4S. The van der Waals surface area contributed by atoms with Crippen LogP contribution in [0.3, 0.4) is 0 Å². The highest BCUT2D eigenvalue weighted by Crippen LogP contribution is 2.23. The molecule has 0 saturated carbocycles. The Morgan fingerprint density at radius 3 is 2.42 bits per heavy atom. The van der Waals surface area contributed by atoms with E-state index >= 15 is 0 Å². The topological polar surface area (TPSA) is 75.7 Å². The zero-order valence-electron chi connectivity index (χ0n) is 17.9. The number of hydrogen-bond donors (Lipinski definition) is 1. The van der Waals surface area contributed by atoms with Crippen molar-refractivity contribution in [2.45, 2.75) is 50.0 Å². The normalized spacial score (nSPS) is 16.0. The quantitative estimate of drug-likeness (QED) is 0.666. The Labute approximate surface area is 183 Å². The number of aryl methyl sites for hydroxylation is 1. The summed E-state index contributed by atoms with van der Waals surface area (Å²) in [5.74, 6) is -0.470. The van der Waals surface area contributed by atoms with Crippen LogP contribution >= 0.6 is 0 Å². The molecule has 1 fully saturated rings. The van der Waals surface area contributed by atoms with Gasteiger partial charge in [0.1, 0.15) is 0 Å². The van der Waals surface area contributed by atoms with Gasteiger partial charge in [-0.15, -0.1) is 0 Å². The molecule has 1 atom stereocenters. The maximum atomic E-state index is 13.9. The average molecular weight is 449 g/mol. The van der Waals surface area contributed by atoms with Crippen molar-refractivity contribution in [3.63, 3.8) is 0 Å². The van der Waals surface area contributed by atoms with Crippen LogP contribution in [0.25, 0.3) is 0 Å². The molecule has 1 aliphatic heterocycles. The predicted molar refractivity (Wildman–Crippen MR) is 117 cm³/mol. The Morgan fingerprint density at radius 2 is 1.81 bits per heavy atom. The average Bonchev–Trinajstić information content (AvgIpc) is 2.78. The number of carbonyl (C=O) groups excluding carboxylic acids is 1. The van der Waals surface area contributed by atoms with Gasteiger partial charge < -0.3 is 10.1 Å². The first kappa shape index (κ1) is 23.2. The van der Waals surface area contributed by atoms with Crippen LogP contribution < -0.4 is 10.1 Å². The van der Waals surface area contributed by atoms with Gasteiger partial charge in [0, 0.05) is 19.5 Å². The fraction of sp³-hybridized carbons (Fsp3) is 0.435. The van der Waals surface area contributed by atoms with Gasteiger partial charge in [0.25, 0.3) is 0 Å². The summed E-state index contributed by atoms with van der Waals surface area (Å²) in [6.45, 7) is 2.93. The number of nitrogens with one attached hydrogen (secondary N) is 1. The first-order valence-corrected chi connectivity index (χ1v) is 12.0. The number of ether oxygens (including phenoxy) is 1. The number of halogens is 1. The van der Waals surface area contributed by atoms with Gasteiger partial charge in [0.2, 0.25) is 15.9 Å². The van der Waals surface area contributed by atoms with E-state index in [4.69, 9.17) is 4.74 Å². The monoisotopic (exact) mass is 448 g/mol. The van der Waals surface area contributed by atoms with Crippen LogP contribution in [0.15, 0.2) is 47.4 Å². The molecule has 2 aromatic rings. The third-order valence-corrected chi connectivity index (χ3v) is 7.48. The lowest BCUT2D eigenvalue weighted by atomic mass is 10.1. The Balaban J connectivity index is 1.53. The van der Waals surface area contributed by atoms with Gasteiger partial charge in [-0.3, -0.25) is 4.79 Å². The number of amides is 1. The number of benzene rings is 2. The van der Waals surface area contributed by atoms with E-state index in [0.717, 1.165) is 24.8 Å². The highest BCUT2D eigenvalue weighted by Gasteiger charge is 2.25. The van der Waals surface area contributed by atoms with Crippen molar-refractivity contribution in [2.75, 3.05) is 20.2 Å². The van der Waals surface area contributed by atoms with E-state index in [1.165, 1.54) is 19.2 Å². The Hall–Kier alpha value is -2.45. The van der Waals surface area contributed by atoms with E-state index in [0.29, 0.717) is 25.1 Å². The van der Waals surface area contributed by atoms with Crippen molar-refractivity contribution in [3.8, 4) is 5.75 Å². The van der Waals surface area contributed by atoms with Crippen molar-refractivity contribution >= 4 is 15.9 Å². The third kappa shape index (κ3) is 5.83. The summed E-state index contributed by atoms with van der Waals surface area (Å²) in [5.41, 5.74) is 1.54. The summed E-state index contributed by atoms with van der Waals surface area (Å²) in [6, 6.07) is 11.0. The van der Waals surface area contributed by atoms with E-state index in [-0.39, 0.29) is 29.0 Å². The van der Waals surface area contributed by atoms with Gasteiger partial charge in [-0.25, -0.2) is 12.8 Å². The lowest BCUT2D eigenvalue weighted by Gasteiger charge is -2.25. The molecule has 8 heteroatoms. The molecule has 168 valence electrons. The van der Waals surface area contributed by atoms with E-state index in [2.05, 4.69) is 5.32 Å². The van der Waals surface area contributed by atoms with Gasteiger partial charge in [-0.05, 0) is 61.6 Å². The summed E-state index contributed by atoms with van der Waals surface area (Å²) < 4.78 is 45.7. The maximum Gasteiger partial charge on any atom is 0.243 e. The number of hydrogen-bond acceptors (Lipinski definition) is 4. The summed E-state index contributed by atoms with van der Waals surface area (Å²) in [5, 5.41) is 2.86. The van der Waals surface area contributed by atoms with E-state index in [9.17, 15) is 17.6 Å². The molecule has 1 aliphatic rings. The van der Waals surface area contributed by atoms with Crippen molar-refractivity contribution in [1.29, 1.82) is 0 Å². The number of sulfonamides is 1. The SMILES string of the molecule is COc1ccc(C(C)NC(=O)CCc2ccc(S(=O)(=O)N3CCCCC3)cc2)cc1F. The van der Waals surface area contributed by atoms with E-state index in [1.54, 1.807) is 41.6 Å². The van der Waals surface area contributed by atoms with Crippen LogP contribution in [0.2, 0.25) is 0 Å². The van der Waals surface area contributed by atoms with Gasteiger partial charge >= 0.3 is 0 Å². The second kappa shape index (κ2) is 10.2. The minimum Gasteiger partial charge on any atom is -0.494 e. The van der Waals surface area contributed by atoms with Crippen LogP contribution in [-0.2, 0) is 21.2 Å². The maximum absolute atomic E-state index is 13.9. The lowest BCUT2D eigenvalue weighted by molar-refractivity contribution is -0.121. The lowest BCUT2D eigenvalue weighted by Crippen LogP contribution is -2.35. The molecule has 1 saturated heterocycles. The molecule has 1 unspecified atom stereocenters. The molecular weight excluding hydrogens is 419 g/mol. The number of piperidine rings is 1. The minimum atomic E-state index is -3.45. The second-order valence-electron chi connectivity index (χ2n) is 7.79. The molecule has 31 heavy (non-hydrogen) atoms. The van der Waals surface area contributed by atoms with Crippen molar-refractivity contribution in [2.24, 2.45) is 0 Å². The molecule has 3 rings (SSSR count). The van der Waals surface area contributed by atoms with E-state index < -0.39 is 15.8 Å². The standard InChI is InChI=1S/C23H29FN2O4S/c1-17(19-9-12-22(30-2)21(24)16-19)25-23(27)13-8-18-6-10-20(11-7-18)31(28,29)26-14-4-3-5-15-26/h6-7,9-12,16-17H,3-5,8,13-15H2,1-2H3,(H,25,27). The first-order chi connectivity index (χ1) is 14.8. The van der Waals surface area contributed by atoms with Gasteiger partial charge in [0.05, 0.1) is 18.0 Å². The Kier molecular flexibility index (Phi) is 7.67. The summed E-state index contributed by atoms with van der Waals surface area (Å²) in [7, 11) is -2.05. The number of rotatable bonds is 8. The zero-order valence-corrected chi connectivity index (χ0v) is 18.8. The highest BCUT2D eigenvalue weighted by atomic mass is 32.2. The number of carbonyl (C=O) groups is 1. The van der Waals surface area contributed by atoms with Crippen LogP contribution in [0.4, 0.5) is 4.39 Å². The van der Waals surface area contributed by atoms with Crippen molar-refractivity contribution in [1.82, 2.24) is 9.62 Å². The van der Waals surface area contributed by atoms with Crippen LogP contribution in [0.1, 0.15) is 49.8 Å². The number of nitrogens with zero attached hydrogens (tertiary/aromatic N) is 1. The molecule has 0 aliphatic carbocycles. The van der Waals surface area contributed by atoms with Crippen molar-refractivity contribution in [3.05, 3.63) is 59.4 Å². The van der Waals surface area contributed by atoms with E-state index in [1.807, 2.05) is 0 Å². The summed E-state index contributed by atoms with van der Waals surface area (Å²) in [6.07, 6.45) is 3.60.